The van der Waals surface area contributed by atoms with Gasteiger partial charge in [0.15, 0.2) is 5.82 Å². The van der Waals surface area contributed by atoms with Crippen LogP contribution in [-0.4, -0.2) is 25.9 Å². The molecule has 0 fully saturated rings. The van der Waals surface area contributed by atoms with Gasteiger partial charge in [0.2, 0.25) is 0 Å². The van der Waals surface area contributed by atoms with Crippen molar-refractivity contribution in [2.75, 3.05) is 11.1 Å². The molecule has 0 aliphatic rings. The van der Waals surface area contributed by atoms with E-state index in [2.05, 4.69) is 20.5 Å². The van der Waals surface area contributed by atoms with E-state index in [-0.39, 0.29) is 21.2 Å². The Hall–Kier alpha value is -3.49. The third-order valence-electron chi connectivity index (χ3n) is 4.24. The zero-order valence-electron chi connectivity index (χ0n) is 15.2. The number of hydrogen-bond donors (Lipinski definition) is 2. The van der Waals surface area contributed by atoms with E-state index >= 15 is 0 Å². The average Bonchev–Trinajstić information content (AvgIpc) is 3.24. The molecule has 0 saturated heterocycles. The van der Waals surface area contributed by atoms with Crippen LogP contribution in [0.5, 0.6) is 0 Å². The van der Waals surface area contributed by atoms with Crippen molar-refractivity contribution in [1.82, 2.24) is 20.0 Å². The number of nitrogens with zero attached hydrogens (tertiary/aromatic N) is 4. The molecule has 2 heterocycles. The van der Waals surface area contributed by atoms with Crippen LogP contribution < -0.4 is 11.1 Å². The number of anilines is 2. The summed E-state index contributed by atoms with van der Waals surface area (Å²) in [5.74, 6) is -0.943. The first-order valence-corrected chi connectivity index (χ1v) is 9.37. The van der Waals surface area contributed by atoms with Crippen molar-refractivity contribution in [2.24, 2.45) is 0 Å². The summed E-state index contributed by atoms with van der Waals surface area (Å²) in [5.41, 5.74) is 7.27. The minimum Gasteiger partial charge on any atom is -0.398 e. The number of hydrogen-bond acceptors (Lipinski definition) is 5. The van der Waals surface area contributed by atoms with E-state index in [1.54, 1.807) is 24.3 Å². The number of amides is 1. The lowest BCUT2D eigenvalue weighted by atomic mass is 10.0. The fourth-order valence-electron chi connectivity index (χ4n) is 2.84. The smallest absolute Gasteiger partial charge is 0.257 e. The van der Waals surface area contributed by atoms with Gasteiger partial charge >= 0.3 is 0 Å². The molecule has 0 bridgehead atoms. The maximum absolute atomic E-state index is 14.7. The number of aromatic nitrogens is 4. The molecule has 150 valence electrons. The van der Waals surface area contributed by atoms with E-state index in [4.69, 9.17) is 28.9 Å². The number of benzene rings is 2. The minimum atomic E-state index is -0.626. The third-order valence-corrected chi connectivity index (χ3v) is 4.83. The van der Waals surface area contributed by atoms with E-state index in [0.717, 1.165) is 6.07 Å². The average molecular weight is 443 g/mol. The molecule has 0 aliphatic heterocycles. The molecule has 4 rings (SSSR count). The second-order valence-electron chi connectivity index (χ2n) is 6.20. The maximum atomic E-state index is 14.7. The van der Waals surface area contributed by atoms with Crippen molar-refractivity contribution in [3.63, 3.8) is 0 Å². The van der Waals surface area contributed by atoms with Crippen molar-refractivity contribution in [1.29, 1.82) is 0 Å². The molecule has 0 radical (unpaired) electrons. The quantitative estimate of drug-likeness (QED) is 0.449. The molecular formula is C20H13Cl2FN6O. The predicted octanol–water partition coefficient (Wildman–Crippen LogP) is 4.61. The predicted molar refractivity (Wildman–Crippen MR) is 113 cm³/mol. The Morgan fingerprint density at radius 1 is 1.03 bits per heavy atom. The summed E-state index contributed by atoms with van der Waals surface area (Å²) in [4.78, 5) is 18.0. The minimum absolute atomic E-state index is 0.0404. The van der Waals surface area contributed by atoms with Gasteiger partial charge in [0.05, 0.1) is 39.9 Å². The van der Waals surface area contributed by atoms with E-state index in [1.165, 1.54) is 35.5 Å². The van der Waals surface area contributed by atoms with Gasteiger partial charge in [-0.3, -0.25) is 4.79 Å². The molecule has 7 nitrogen and oxygen atoms in total. The number of nitrogen functional groups attached to an aromatic ring is 1. The number of nitrogens with two attached hydrogens (primary N) is 1. The second-order valence-corrected chi connectivity index (χ2v) is 7.02. The summed E-state index contributed by atoms with van der Waals surface area (Å²) in [7, 11) is 0. The summed E-state index contributed by atoms with van der Waals surface area (Å²) in [6.45, 7) is 0. The summed E-state index contributed by atoms with van der Waals surface area (Å²) in [5, 5.41) is 10.8. The lowest BCUT2D eigenvalue weighted by Gasteiger charge is -2.12. The van der Waals surface area contributed by atoms with Crippen molar-refractivity contribution in [2.45, 2.75) is 0 Å². The van der Waals surface area contributed by atoms with Crippen molar-refractivity contribution < 1.29 is 9.18 Å². The van der Waals surface area contributed by atoms with Gasteiger partial charge in [-0.05, 0) is 24.3 Å². The number of nitrogens with one attached hydrogen (secondary N) is 1. The monoisotopic (exact) mass is 442 g/mol. The Kier molecular flexibility index (Phi) is 5.35. The van der Waals surface area contributed by atoms with Crippen molar-refractivity contribution >= 4 is 40.5 Å². The molecule has 3 N–H and O–H groups in total. The van der Waals surface area contributed by atoms with Crippen LogP contribution in [0.2, 0.25) is 10.0 Å². The molecule has 30 heavy (non-hydrogen) atoms. The van der Waals surface area contributed by atoms with Crippen molar-refractivity contribution in [3.8, 4) is 16.9 Å². The Morgan fingerprint density at radius 2 is 1.77 bits per heavy atom. The van der Waals surface area contributed by atoms with Crippen molar-refractivity contribution in [3.05, 3.63) is 82.5 Å². The largest absolute Gasteiger partial charge is 0.398 e. The van der Waals surface area contributed by atoms with Gasteiger partial charge in [-0.2, -0.15) is 10.2 Å². The number of para-hydroxylation sites is 1. The van der Waals surface area contributed by atoms with Crippen LogP contribution in [-0.2, 0) is 0 Å². The maximum Gasteiger partial charge on any atom is 0.257 e. The topological polar surface area (TPSA) is 98.7 Å². The van der Waals surface area contributed by atoms with Crippen LogP contribution in [0.15, 0.2) is 61.1 Å². The zero-order chi connectivity index (χ0) is 21.3. The van der Waals surface area contributed by atoms with Gasteiger partial charge < -0.3 is 11.1 Å². The molecule has 10 heteroatoms. The van der Waals surface area contributed by atoms with Crippen LogP contribution in [0.25, 0.3) is 16.9 Å². The van der Waals surface area contributed by atoms with Gasteiger partial charge in [0.25, 0.3) is 5.91 Å². The molecule has 0 aliphatic carbocycles. The third kappa shape index (κ3) is 3.83. The van der Waals surface area contributed by atoms with Gasteiger partial charge in [-0.15, -0.1) is 4.80 Å². The first kappa shape index (κ1) is 19.8. The Morgan fingerprint density at radius 3 is 2.47 bits per heavy atom. The normalized spacial score (nSPS) is 10.8. The number of carbonyl (C=O) groups is 1. The van der Waals surface area contributed by atoms with Crippen LogP contribution in [0.4, 0.5) is 15.8 Å². The summed E-state index contributed by atoms with van der Waals surface area (Å²) in [6, 6.07) is 10.7. The van der Waals surface area contributed by atoms with E-state index in [1.807, 2.05) is 0 Å². The Bertz CT molecular complexity index is 1250. The van der Waals surface area contributed by atoms with E-state index in [0.29, 0.717) is 22.8 Å². The first-order chi connectivity index (χ1) is 14.4. The number of rotatable bonds is 4. The second kappa shape index (κ2) is 8.10. The highest BCUT2D eigenvalue weighted by atomic mass is 35.5. The van der Waals surface area contributed by atoms with Crippen LogP contribution in [0.3, 0.4) is 0 Å². The highest BCUT2D eigenvalue weighted by molar-refractivity contribution is 6.35. The van der Waals surface area contributed by atoms with Gasteiger partial charge in [-0.25, -0.2) is 9.37 Å². The lowest BCUT2D eigenvalue weighted by molar-refractivity contribution is 0.102. The SMILES string of the molecule is Nc1ccccc1-c1cc(Cl)c(C(=O)Nc2cnc(-n3nccn3)c(Cl)c2)cc1F. The highest BCUT2D eigenvalue weighted by Gasteiger charge is 2.18. The molecule has 0 saturated carbocycles. The van der Waals surface area contributed by atoms with Gasteiger partial charge in [-0.1, -0.05) is 41.4 Å². The molecule has 0 spiro atoms. The highest BCUT2D eigenvalue weighted by Crippen LogP contribution is 2.32. The van der Waals surface area contributed by atoms with Crippen LogP contribution in [0.1, 0.15) is 10.4 Å². The molecule has 1 amide bonds. The fourth-order valence-corrected chi connectivity index (χ4v) is 3.33. The number of carbonyl (C=O) groups excluding carboxylic acids is 1. The summed E-state index contributed by atoms with van der Waals surface area (Å²) < 4.78 is 14.7. The van der Waals surface area contributed by atoms with E-state index < -0.39 is 11.7 Å². The lowest BCUT2D eigenvalue weighted by Crippen LogP contribution is -2.14. The van der Waals surface area contributed by atoms with Crippen LogP contribution >= 0.6 is 23.2 Å². The zero-order valence-corrected chi connectivity index (χ0v) is 16.7. The van der Waals surface area contributed by atoms with E-state index in [9.17, 15) is 9.18 Å². The fraction of sp³-hybridized carbons (Fsp3) is 0. The Labute approximate surface area is 180 Å². The summed E-state index contributed by atoms with van der Waals surface area (Å²) >= 11 is 12.5. The number of halogens is 3. The first-order valence-electron chi connectivity index (χ1n) is 8.61. The molecule has 0 unspecified atom stereocenters. The molecule has 2 aromatic heterocycles. The summed E-state index contributed by atoms with van der Waals surface area (Å²) in [6.07, 6.45) is 4.35. The number of pyridine rings is 1. The molecule has 4 aromatic rings. The molecular weight excluding hydrogens is 430 g/mol. The standard InChI is InChI=1S/C20H13Cl2FN6O/c21-15-8-13(12-3-1-2-4-18(12)24)17(23)9-14(15)20(30)28-11-7-16(22)19(25-10-11)29-26-5-6-27-29/h1-10H,24H2,(H,28,30). The molecule has 0 atom stereocenters. The Balaban J connectivity index is 1.60. The molecule has 2 aromatic carbocycles. The van der Waals surface area contributed by atoms with Gasteiger partial charge in [0.1, 0.15) is 5.82 Å². The van der Waals surface area contributed by atoms with Gasteiger partial charge in [0, 0.05) is 16.8 Å². The van der Waals surface area contributed by atoms with Crippen LogP contribution in [0, 0.1) is 5.82 Å².